The number of hydrogen-bond donors (Lipinski definition) is 1. The molecule has 3 aromatic rings. The van der Waals surface area contributed by atoms with Crippen LogP contribution in [0, 0.1) is 5.82 Å². The second-order valence-corrected chi connectivity index (χ2v) is 11.5. The van der Waals surface area contributed by atoms with Crippen molar-refractivity contribution in [3.63, 3.8) is 0 Å². The molecule has 0 aliphatic carbocycles. The van der Waals surface area contributed by atoms with Gasteiger partial charge in [-0.1, -0.05) is 62.4 Å². The molecule has 1 heterocycles. The highest BCUT2D eigenvalue weighted by atomic mass is 79.9. The van der Waals surface area contributed by atoms with Gasteiger partial charge < -0.3 is 14.8 Å². The third-order valence-electron chi connectivity index (χ3n) is 7.01. The fraction of sp³-hybridized carbons (Fsp3) is 0.242. The third kappa shape index (κ3) is 6.79. The van der Waals surface area contributed by atoms with Gasteiger partial charge in [-0.2, -0.15) is 0 Å². The number of esters is 1. The predicted octanol–water partition coefficient (Wildman–Crippen LogP) is 7.60. The summed E-state index contributed by atoms with van der Waals surface area (Å²) in [6.45, 7) is 7.72. The van der Waals surface area contributed by atoms with Crippen molar-refractivity contribution >= 4 is 51.2 Å². The molecule has 0 saturated carbocycles. The number of benzene rings is 3. The average molecular weight is 652 g/mol. The van der Waals surface area contributed by atoms with E-state index in [4.69, 9.17) is 21.7 Å². The maximum Gasteiger partial charge on any atom is 0.337 e. The summed E-state index contributed by atoms with van der Waals surface area (Å²) < 4.78 is 25.5. The van der Waals surface area contributed by atoms with Crippen LogP contribution in [0.15, 0.2) is 88.0 Å². The highest BCUT2D eigenvalue weighted by Gasteiger charge is 2.40. The Labute approximate surface area is 259 Å². The van der Waals surface area contributed by atoms with Gasteiger partial charge in [-0.25, -0.2) is 9.18 Å². The molecule has 0 saturated heterocycles. The molecule has 3 aromatic carbocycles. The molecular formula is C33H32BrFN2O4S. The topological polar surface area (TPSA) is 67.9 Å². The first kappa shape index (κ1) is 31.1. The van der Waals surface area contributed by atoms with Gasteiger partial charge in [0, 0.05) is 16.8 Å². The number of nitrogens with one attached hydrogen (secondary N) is 1. The highest BCUT2D eigenvalue weighted by Crippen LogP contribution is 2.36. The fourth-order valence-electron chi connectivity index (χ4n) is 4.70. The summed E-state index contributed by atoms with van der Waals surface area (Å²) in [5.74, 6) is -0.384. The Morgan fingerprint density at radius 1 is 1.12 bits per heavy atom. The van der Waals surface area contributed by atoms with E-state index >= 15 is 0 Å². The van der Waals surface area contributed by atoms with Crippen LogP contribution < -0.4 is 10.1 Å². The van der Waals surface area contributed by atoms with Crippen LogP contribution in [0.25, 0.3) is 6.08 Å². The number of thiocarbonyl (C=S) groups is 1. The van der Waals surface area contributed by atoms with Crippen LogP contribution >= 0.6 is 28.1 Å². The number of rotatable bonds is 8. The van der Waals surface area contributed by atoms with Crippen LogP contribution in [0.1, 0.15) is 61.9 Å². The quantitative estimate of drug-likeness (QED) is 0.154. The SMILES string of the molecule is COC(=O)C1=C(C)NC(=S)N(C(=O)/C(C)=C/c2ccc(OCc3ccccc3F)c(Br)c2)[C@H]1c1ccc(C(C)C)cc1. The van der Waals surface area contributed by atoms with Crippen molar-refractivity contribution < 1.29 is 23.5 Å². The zero-order chi connectivity index (χ0) is 30.6. The van der Waals surface area contributed by atoms with Crippen LogP contribution in [0.4, 0.5) is 4.39 Å². The van der Waals surface area contributed by atoms with Crippen LogP contribution in [0.2, 0.25) is 0 Å². The van der Waals surface area contributed by atoms with E-state index in [1.807, 2.05) is 30.3 Å². The van der Waals surface area contributed by atoms with Gasteiger partial charge in [0.25, 0.3) is 5.91 Å². The molecule has 0 unspecified atom stereocenters. The van der Waals surface area contributed by atoms with E-state index in [0.29, 0.717) is 38.5 Å². The number of hydrogen-bond acceptors (Lipinski definition) is 5. The van der Waals surface area contributed by atoms with Gasteiger partial charge in [-0.3, -0.25) is 9.69 Å². The Balaban J connectivity index is 1.64. The van der Waals surface area contributed by atoms with Gasteiger partial charge in [-0.15, -0.1) is 0 Å². The van der Waals surface area contributed by atoms with Gasteiger partial charge in [0.2, 0.25) is 0 Å². The maximum atomic E-state index is 14.0. The van der Waals surface area contributed by atoms with Gasteiger partial charge >= 0.3 is 5.97 Å². The summed E-state index contributed by atoms with van der Waals surface area (Å²) >= 11 is 9.15. The van der Waals surface area contributed by atoms with Gasteiger partial charge in [0.1, 0.15) is 18.2 Å². The summed E-state index contributed by atoms with van der Waals surface area (Å²) in [6.07, 6.45) is 1.73. The lowest BCUT2D eigenvalue weighted by molar-refractivity contribution is -0.137. The predicted molar refractivity (Wildman–Crippen MR) is 169 cm³/mol. The molecule has 0 spiro atoms. The number of nitrogens with zero attached hydrogens (tertiary/aromatic N) is 1. The van der Waals surface area contributed by atoms with Crippen molar-refractivity contribution in [3.8, 4) is 5.75 Å². The average Bonchev–Trinajstić information content (AvgIpc) is 2.96. The number of amides is 1. The van der Waals surface area contributed by atoms with Crippen molar-refractivity contribution in [1.29, 1.82) is 0 Å². The Morgan fingerprint density at radius 2 is 1.81 bits per heavy atom. The zero-order valence-electron chi connectivity index (χ0n) is 24.0. The molecule has 0 bridgehead atoms. The molecule has 1 atom stereocenters. The summed E-state index contributed by atoms with van der Waals surface area (Å²) in [6, 6.07) is 18.9. The summed E-state index contributed by atoms with van der Waals surface area (Å²) in [7, 11) is 1.31. The van der Waals surface area contributed by atoms with Crippen LogP contribution in [-0.2, 0) is 20.9 Å². The minimum Gasteiger partial charge on any atom is -0.488 e. The molecule has 6 nitrogen and oxygen atoms in total. The van der Waals surface area contributed by atoms with E-state index in [9.17, 15) is 14.0 Å². The monoisotopic (exact) mass is 650 g/mol. The molecule has 9 heteroatoms. The second kappa shape index (κ2) is 13.4. The van der Waals surface area contributed by atoms with Crippen molar-refractivity contribution in [1.82, 2.24) is 10.2 Å². The molecule has 1 aliphatic rings. The first-order chi connectivity index (χ1) is 20.0. The summed E-state index contributed by atoms with van der Waals surface area (Å²) in [5.41, 5.74) is 4.30. The molecule has 1 N–H and O–H groups in total. The van der Waals surface area contributed by atoms with E-state index in [-0.39, 0.29) is 23.4 Å². The van der Waals surface area contributed by atoms with E-state index in [1.54, 1.807) is 50.3 Å². The molecule has 1 amide bonds. The Hall–Kier alpha value is -3.82. The Kier molecular flexibility index (Phi) is 9.96. The maximum absolute atomic E-state index is 14.0. The van der Waals surface area contributed by atoms with Gasteiger partial charge in [-0.05, 0) is 88.9 Å². The van der Waals surface area contributed by atoms with Gasteiger partial charge in [0.05, 0.1) is 23.2 Å². The van der Waals surface area contributed by atoms with Crippen LogP contribution in [0.3, 0.4) is 0 Å². The molecule has 0 aromatic heterocycles. The standard InChI is InChI=1S/C33H32BrFN2O4S/c1-19(2)23-11-13-24(14-12-23)30-29(32(39)40-5)21(4)36-33(42)37(30)31(38)20(3)16-22-10-15-28(26(34)17-22)41-18-25-8-6-7-9-27(25)35/h6-17,19,30H,18H2,1-5H3,(H,36,42)/b20-16+/t30-/m0/s1. The number of carbonyl (C=O) groups excluding carboxylic acids is 2. The minimum absolute atomic E-state index is 0.0758. The molecule has 0 radical (unpaired) electrons. The lowest BCUT2D eigenvalue weighted by Gasteiger charge is -2.38. The first-order valence-corrected chi connectivity index (χ1v) is 14.6. The fourth-order valence-corrected chi connectivity index (χ4v) is 5.55. The van der Waals surface area contributed by atoms with Gasteiger partial charge in [0.15, 0.2) is 5.11 Å². The number of allylic oxidation sites excluding steroid dienone is 1. The van der Waals surface area contributed by atoms with E-state index in [2.05, 4.69) is 35.1 Å². The molecule has 0 fully saturated rings. The van der Waals surface area contributed by atoms with Crippen LogP contribution in [0.5, 0.6) is 5.75 Å². The molecule has 42 heavy (non-hydrogen) atoms. The number of halogens is 2. The lowest BCUT2D eigenvalue weighted by atomic mass is 9.91. The van der Waals surface area contributed by atoms with Crippen LogP contribution in [-0.4, -0.2) is 29.0 Å². The molecule has 4 rings (SSSR count). The van der Waals surface area contributed by atoms with E-state index < -0.39 is 12.0 Å². The normalized spacial score (nSPS) is 15.5. The first-order valence-electron chi connectivity index (χ1n) is 13.4. The van der Waals surface area contributed by atoms with Crippen molar-refractivity contribution in [3.05, 3.63) is 116 Å². The number of ether oxygens (including phenoxy) is 2. The van der Waals surface area contributed by atoms with Crippen molar-refractivity contribution in [2.24, 2.45) is 0 Å². The smallest absolute Gasteiger partial charge is 0.337 e. The molecular weight excluding hydrogens is 619 g/mol. The van der Waals surface area contributed by atoms with E-state index in [1.165, 1.54) is 18.1 Å². The molecule has 1 aliphatic heterocycles. The molecule has 218 valence electrons. The zero-order valence-corrected chi connectivity index (χ0v) is 26.4. The summed E-state index contributed by atoms with van der Waals surface area (Å²) in [5, 5.41) is 3.20. The Bertz CT molecular complexity index is 1580. The minimum atomic E-state index is -0.774. The Morgan fingerprint density at radius 3 is 2.43 bits per heavy atom. The highest BCUT2D eigenvalue weighted by molar-refractivity contribution is 9.10. The summed E-state index contributed by atoms with van der Waals surface area (Å²) in [4.78, 5) is 28.3. The van der Waals surface area contributed by atoms with Crippen molar-refractivity contribution in [2.75, 3.05) is 7.11 Å². The van der Waals surface area contributed by atoms with E-state index in [0.717, 1.165) is 16.7 Å². The third-order valence-corrected chi connectivity index (χ3v) is 7.93. The number of methoxy groups -OCH3 is 1. The number of carbonyl (C=O) groups is 2. The lowest BCUT2D eigenvalue weighted by Crippen LogP contribution is -2.51. The van der Waals surface area contributed by atoms with Crippen molar-refractivity contribution in [2.45, 2.75) is 46.3 Å². The largest absolute Gasteiger partial charge is 0.488 e. The second-order valence-electron chi connectivity index (χ2n) is 10.3.